The second-order valence-electron chi connectivity index (χ2n) is 5.58. The zero-order chi connectivity index (χ0) is 14.7. The van der Waals surface area contributed by atoms with Gasteiger partial charge in [-0.2, -0.15) is 0 Å². The summed E-state index contributed by atoms with van der Waals surface area (Å²) in [7, 11) is 1.77. The van der Waals surface area contributed by atoms with Gasteiger partial charge in [0.2, 0.25) is 5.91 Å². The molecule has 0 saturated heterocycles. The lowest BCUT2D eigenvalue weighted by atomic mass is 9.80. The molecular weight excluding hydrogens is 254 g/mol. The Morgan fingerprint density at radius 2 is 1.85 bits per heavy atom. The predicted molar refractivity (Wildman–Crippen MR) is 77.7 cm³/mol. The Hall–Kier alpha value is -1.84. The molecular formula is C16H21NO3. The van der Waals surface area contributed by atoms with E-state index >= 15 is 0 Å². The first kappa shape index (κ1) is 14.6. The summed E-state index contributed by atoms with van der Waals surface area (Å²) < 4.78 is 0. The second kappa shape index (κ2) is 6.07. The number of nitrogens with zero attached hydrogens (tertiary/aromatic N) is 1. The van der Waals surface area contributed by atoms with Crippen LogP contribution in [-0.2, 0) is 9.59 Å². The van der Waals surface area contributed by atoms with E-state index < -0.39 is 5.97 Å². The first-order chi connectivity index (χ1) is 9.50. The quantitative estimate of drug-likeness (QED) is 0.922. The molecule has 1 amide bonds. The van der Waals surface area contributed by atoms with Crippen molar-refractivity contribution in [1.29, 1.82) is 0 Å². The number of anilines is 1. The Labute approximate surface area is 119 Å². The van der Waals surface area contributed by atoms with Crippen molar-refractivity contribution in [1.82, 2.24) is 0 Å². The average molecular weight is 275 g/mol. The van der Waals surface area contributed by atoms with E-state index in [0.717, 1.165) is 24.1 Å². The highest BCUT2D eigenvalue weighted by Gasteiger charge is 2.32. The van der Waals surface area contributed by atoms with Crippen molar-refractivity contribution in [3.8, 4) is 0 Å². The van der Waals surface area contributed by atoms with Gasteiger partial charge in [0.05, 0.1) is 5.92 Å². The van der Waals surface area contributed by atoms with Crippen molar-refractivity contribution in [3.05, 3.63) is 29.8 Å². The van der Waals surface area contributed by atoms with Gasteiger partial charge in [0.25, 0.3) is 0 Å². The molecule has 2 atom stereocenters. The molecule has 1 aliphatic carbocycles. The fourth-order valence-electron chi connectivity index (χ4n) is 2.97. The molecule has 1 N–H and O–H groups in total. The van der Waals surface area contributed by atoms with Crippen LogP contribution in [0, 0.1) is 18.8 Å². The Bertz CT molecular complexity index is 512. The van der Waals surface area contributed by atoms with E-state index in [0.29, 0.717) is 12.8 Å². The lowest BCUT2D eigenvalue weighted by molar-refractivity contribution is -0.143. The largest absolute Gasteiger partial charge is 0.481 e. The van der Waals surface area contributed by atoms with E-state index in [9.17, 15) is 9.59 Å². The molecule has 0 bridgehead atoms. The van der Waals surface area contributed by atoms with Crippen LogP contribution in [0.5, 0.6) is 0 Å². The lowest BCUT2D eigenvalue weighted by Crippen LogP contribution is -2.37. The van der Waals surface area contributed by atoms with E-state index in [-0.39, 0.29) is 17.7 Å². The zero-order valence-corrected chi connectivity index (χ0v) is 12.0. The van der Waals surface area contributed by atoms with Gasteiger partial charge in [-0.1, -0.05) is 24.6 Å². The molecule has 0 radical (unpaired) electrons. The third-order valence-electron chi connectivity index (χ3n) is 4.18. The summed E-state index contributed by atoms with van der Waals surface area (Å²) >= 11 is 0. The molecule has 1 saturated carbocycles. The van der Waals surface area contributed by atoms with Gasteiger partial charge in [0, 0.05) is 18.7 Å². The summed E-state index contributed by atoms with van der Waals surface area (Å²) in [6.45, 7) is 1.97. The van der Waals surface area contributed by atoms with Crippen LogP contribution >= 0.6 is 0 Å². The van der Waals surface area contributed by atoms with Gasteiger partial charge >= 0.3 is 5.97 Å². The molecule has 2 unspecified atom stereocenters. The number of rotatable bonds is 3. The van der Waals surface area contributed by atoms with Crippen LogP contribution in [-0.4, -0.2) is 24.0 Å². The van der Waals surface area contributed by atoms with Crippen LogP contribution in [0.2, 0.25) is 0 Å². The van der Waals surface area contributed by atoms with Gasteiger partial charge in [0.1, 0.15) is 0 Å². The van der Waals surface area contributed by atoms with Crippen LogP contribution in [0.1, 0.15) is 31.2 Å². The Morgan fingerprint density at radius 1 is 1.20 bits per heavy atom. The van der Waals surface area contributed by atoms with Crippen molar-refractivity contribution in [2.24, 2.45) is 11.8 Å². The minimum absolute atomic E-state index is 0.0326. The van der Waals surface area contributed by atoms with Gasteiger partial charge in [-0.3, -0.25) is 9.59 Å². The molecule has 1 aliphatic rings. The fraction of sp³-hybridized carbons (Fsp3) is 0.500. The van der Waals surface area contributed by atoms with Crippen molar-refractivity contribution in [2.45, 2.75) is 32.6 Å². The minimum Gasteiger partial charge on any atom is -0.481 e. The average Bonchev–Trinajstić information content (AvgIpc) is 2.46. The molecule has 20 heavy (non-hydrogen) atoms. The summed E-state index contributed by atoms with van der Waals surface area (Å²) in [5.41, 5.74) is 1.95. The van der Waals surface area contributed by atoms with Crippen molar-refractivity contribution in [2.75, 3.05) is 11.9 Å². The number of carboxylic acids is 1. The molecule has 2 rings (SSSR count). The van der Waals surface area contributed by atoms with Crippen molar-refractivity contribution >= 4 is 17.6 Å². The van der Waals surface area contributed by atoms with Gasteiger partial charge in [0.15, 0.2) is 0 Å². The maximum Gasteiger partial charge on any atom is 0.306 e. The van der Waals surface area contributed by atoms with E-state index in [1.54, 1.807) is 11.9 Å². The van der Waals surface area contributed by atoms with Crippen LogP contribution in [0.15, 0.2) is 24.3 Å². The molecule has 1 aromatic rings. The number of benzene rings is 1. The monoisotopic (exact) mass is 275 g/mol. The number of hydrogen-bond acceptors (Lipinski definition) is 2. The van der Waals surface area contributed by atoms with Gasteiger partial charge in [-0.25, -0.2) is 0 Å². The summed E-state index contributed by atoms with van der Waals surface area (Å²) in [5, 5.41) is 9.11. The minimum atomic E-state index is -0.777. The molecule has 0 aliphatic heterocycles. The first-order valence-corrected chi connectivity index (χ1v) is 7.06. The zero-order valence-electron chi connectivity index (χ0n) is 12.0. The van der Waals surface area contributed by atoms with E-state index in [4.69, 9.17) is 5.11 Å². The highest BCUT2D eigenvalue weighted by atomic mass is 16.4. The molecule has 1 fully saturated rings. The third-order valence-corrected chi connectivity index (χ3v) is 4.18. The third kappa shape index (κ3) is 3.00. The number of carbonyl (C=O) groups excluding carboxylic acids is 1. The smallest absolute Gasteiger partial charge is 0.306 e. The van der Waals surface area contributed by atoms with Crippen molar-refractivity contribution in [3.63, 3.8) is 0 Å². The van der Waals surface area contributed by atoms with Crippen LogP contribution in [0.3, 0.4) is 0 Å². The van der Waals surface area contributed by atoms with Crippen LogP contribution in [0.25, 0.3) is 0 Å². The topological polar surface area (TPSA) is 57.6 Å². The Balaban J connectivity index is 2.11. The predicted octanol–water partition coefficient (Wildman–Crippen LogP) is 2.85. The van der Waals surface area contributed by atoms with Crippen LogP contribution < -0.4 is 4.90 Å². The molecule has 4 nitrogen and oxygen atoms in total. The Kier molecular flexibility index (Phi) is 4.42. The second-order valence-corrected chi connectivity index (χ2v) is 5.58. The molecule has 0 spiro atoms. The number of aliphatic carboxylic acids is 1. The summed E-state index contributed by atoms with van der Waals surface area (Å²) in [6.07, 6.45) is 2.76. The molecule has 1 aromatic carbocycles. The number of hydrogen-bond donors (Lipinski definition) is 1. The number of carbonyl (C=O) groups is 2. The summed E-state index contributed by atoms with van der Waals surface area (Å²) in [6, 6.07) is 7.75. The summed E-state index contributed by atoms with van der Waals surface area (Å²) in [4.78, 5) is 25.3. The normalized spacial score (nSPS) is 22.3. The maximum atomic E-state index is 12.6. The SMILES string of the molecule is Cc1ccccc1N(C)C(=O)C1CCCC(C(=O)O)C1. The number of aryl methyl sites for hydroxylation is 1. The van der Waals surface area contributed by atoms with Crippen LogP contribution in [0.4, 0.5) is 5.69 Å². The fourth-order valence-corrected chi connectivity index (χ4v) is 2.97. The maximum absolute atomic E-state index is 12.6. The van der Waals surface area contributed by atoms with Gasteiger partial charge < -0.3 is 10.0 Å². The highest BCUT2D eigenvalue weighted by molar-refractivity contribution is 5.95. The van der Waals surface area contributed by atoms with E-state index in [1.807, 2.05) is 31.2 Å². The van der Waals surface area contributed by atoms with Crippen molar-refractivity contribution < 1.29 is 14.7 Å². The number of carboxylic acid groups (broad SMARTS) is 1. The lowest BCUT2D eigenvalue weighted by Gasteiger charge is -2.30. The summed E-state index contributed by atoms with van der Waals surface area (Å²) in [5.74, 6) is -1.29. The number of amides is 1. The molecule has 0 aromatic heterocycles. The molecule has 108 valence electrons. The van der Waals surface area contributed by atoms with Gasteiger partial charge in [-0.15, -0.1) is 0 Å². The first-order valence-electron chi connectivity index (χ1n) is 7.06. The van der Waals surface area contributed by atoms with E-state index in [1.165, 1.54) is 0 Å². The standard InChI is InChI=1S/C16H21NO3/c1-11-6-3-4-9-14(11)17(2)15(18)12-7-5-8-13(10-12)16(19)20/h3-4,6,9,12-13H,5,7-8,10H2,1-2H3,(H,19,20). The molecule has 4 heteroatoms. The Morgan fingerprint density at radius 3 is 2.50 bits per heavy atom. The highest BCUT2D eigenvalue weighted by Crippen LogP contribution is 2.31. The van der Waals surface area contributed by atoms with Gasteiger partial charge in [-0.05, 0) is 37.8 Å². The molecule has 0 heterocycles. The number of para-hydroxylation sites is 1. The van der Waals surface area contributed by atoms with E-state index in [2.05, 4.69) is 0 Å².